The van der Waals surface area contributed by atoms with Crippen LogP contribution in [0.15, 0.2) is 65.3 Å². The fourth-order valence-electron chi connectivity index (χ4n) is 2.73. The lowest BCUT2D eigenvalue weighted by atomic mass is 10.1. The van der Waals surface area contributed by atoms with Crippen LogP contribution in [-0.2, 0) is 6.42 Å². The minimum Gasteiger partial charge on any atom is -0.349 e. The van der Waals surface area contributed by atoms with Gasteiger partial charge in [0.25, 0.3) is 5.91 Å². The van der Waals surface area contributed by atoms with Crippen LogP contribution < -0.4 is 5.32 Å². The number of halogens is 1. The lowest BCUT2D eigenvalue weighted by Gasteiger charge is -2.14. The number of carbonyl (C=O) groups is 1. The summed E-state index contributed by atoms with van der Waals surface area (Å²) in [4.78, 5) is 12.4. The second-order valence-electron chi connectivity index (χ2n) is 6.14. The Balaban J connectivity index is 1.62. The molecule has 0 radical (unpaired) electrons. The number of rotatable bonds is 5. The molecule has 128 valence electrons. The number of aryl methyl sites for hydroxylation is 1. The molecule has 3 aromatic rings. The zero-order valence-electron chi connectivity index (χ0n) is 14.2. The standard InChI is InChI=1S/C20H20BrN3O/c1-14(13-16-3-7-18(21)8-4-16)23-20(25)17-5-9-19(10-6-17)24-15(2)11-12-22-24/h3-12,14H,13H2,1-2H3,(H,23,25). The second kappa shape index (κ2) is 7.66. The highest BCUT2D eigenvalue weighted by Gasteiger charge is 2.11. The molecule has 3 rings (SSSR count). The molecule has 1 N–H and O–H groups in total. The Morgan fingerprint density at radius 2 is 1.80 bits per heavy atom. The summed E-state index contributed by atoms with van der Waals surface area (Å²) in [6.07, 6.45) is 2.56. The van der Waals surface area contributed by atoms with E-state index in [1.54, 1.807) is 6.20 Å². The first-order valence-corrected chi connectivity index (χ1v) is 8.98. The molecule has 0 saturated heterocycles. The molecule has 0 saturated carbocycles. The molecule has 0 bridgehead atoms. The number of nitrogens with one attached hydrogen (secondary N) is 1. The van der Waals surface area contributed by atoms with Gasteiger partial charge in [-0.05, 0) is 68.3 Å². The van der Waals surface area contributed by atoms with Gasteiger partial charge >= 0.3 is 0 Å². The third-order valence-electron chi connectivity index (χ3n) is 4.04. The van der Waals surface area contributed by atoms with E-state index in [0.29, 0.717) is 5.56 Å². The molecular weight excluding hydrogens is 378 g/mol. The van der Waals surface area contributed by atoms with Gasteiger partial charge in [0, 0.05) is 28.0 Å². The van der Waals surface area contributed by atoms with Crippen LogP contribution in [0.25, 0.3) is 5.69 Å². The Bertz CT molecular complexity index is 853. The Morgan fingerprint density at radius 3 is 2.40 bits per heavy atom. The van der Waals surface area contributed by atoms with E-state index >= 15 is 0 Å². The van der Waals surface area contributed by atoms with Gasteiger partial charge in [-0.15, -0.1) is 0 Å². The van der Waals surface area contributed by atoms with Crippen molar-refractivity contribution in [1.82, 2.24) is 15.1 Å². The summed E-state index contributed by atoms with van der Waals surface area (Å²) in [5.74, 6) is -0.0617. The lowest BCUT2D eigenvalue weighted by molar-refractivity contribution is 0.0940. The Morgan fingerprint density at radius 1 is 1.12 bits per heavy atom. The smallest absolute Gasteiger partial charge is 0.251 e. The third kappa shape index (κ3) is 4.37. The predicted molar refractivity (Wildman–Crippen MR) is 103 cm³/mol. The summed E-state index contributed by atoms with van der Waals surface area (Å²) >= 11 is 3.43. The molecule has 0 fully saturated rings. The van der Waals surface area contributed by atoms with Crippen LogP contribution in [0.3, 0.4) is 0 Å². The number of amides is 1. The fourth-order valence-corrected chi connectivity index (χ4v) is 2.99. The summed E-state index contributed by atoms with van der Waals surface area (Å²) < 4.78 is 2.90. The first-order valence-electron chi connectivity index (χ1n) is 8.19. The molecular formula is C20H20BrN3O. The topological polar surface area (TPSA) is 46.9 Å². The molecule has 5 heteroatoms. The Labute approximate surface area is 156 Å². The van der Waals surface area contributed by atoms with Crippen molar-refractivity contribution < 1.29 is 4.79 Å². The normalized spacial score (nSPS) is 12.0. The average molecular weight is 398 g/mol. The quantitative estimate of drug-likeness (QED) is 0.697. The number of benzene rings is 2. The van der Waals surface area contributed by atoms with Gasteiger partial charge in [-0.3, -0.25) is 4.79 Å². The van der Waals surface area contributed by atoms with E-state index in [4.69, 9.17) is 0 Å². The molecule has 1 heterocycles. The first-order chi connectivity index (χ1) is 12.0. The number of hydrogen-bond donors (Lipinski definition) is 1. The number of nitrogens with zero attached hydrogens (tertiary/aromatic N) is 2. The van der Waals surface area contributed by atoms with E-state index in [0.717, 1.165) is 22.3 Å². The van der Waals surface area contributed by atoms with Gasteiger partial charge in [0.1, 0.15) is 0 Å². The van der Waals surface area contributed by atoms with Gasteiger partial charge in [0.15, 0.2) is 0 Å². The highest BCUT2D eigenvalue weighted by atomic mass is 79.9. The van der Waals surface area contributed by atoms with Crippen molar-refractivity contribution in [2.75, 3.05) is 0 Å². The van der Waals surface area contributed by atoms with Crippen LogP contribution in [0.2, 0.25) is 0 Å². The van der Waals surface area contributed by atoms with Gasteiger partial charge in [-0.25, -0.2) is 4.68 Å². The number of carbonyl (C=O) groups excluding carboxylic acids is 1. The molecule has 0 aliphatic rings. The zero-order chi connectivity index (χ0) is 17.8. The van der Waals surface area contributed by atoms with Crippen LogP contribution in [0.4, 0.5) is 0 Å². The highest BCUT2D eigenvalue weighted by Crippen LogP contribution is 2.13. The molecule has 2 aromatic carbocycles. The van der Waals surface area contributed by atoms with E-state index in [1.165, 1.54) is 5.56 Å². The molecule has 1 unspecified atom stereocenters. The van der Waals surface area contributed by atoms with Crippen LogP contribution in [0, 0.1) is 6.92 Å². The SMILES string of the molecule is Cc1ccnn1-c1ccc(C(=O)NC(C)Cc2ccc(Br)cc2)cc1. The summed E-state index contributed by atoms with van der Waals surface area (Å²) in [7, 11) is 0. The van der Waals surface area contributed by atoms with E-state index in [-0.39, 0.29) is 11.9 Å². The van der Waals surface area contributed by atoms with Gasteiger partial charge in [-0.2, -0.15) is 5.10 Å². The van der Waals surface area contributed by atoms with Crippen molar-refractivity contribution in [2.45, 2.75) is 26.3 Å². The van der Waals surface area contributed by atoms with E-state index in [9.17, 15) is 4.79 Å². The van der Waals surface area contributed by atoms with Gasteiger partial charge in [-0.1, -0.05) is 28.1 Å². The van der Waals surface area contributed by atoms with E-state index in [2.05, 4.69) is 38.5 Å². The highest BCUT2D eigenvalue weighted by molar-refractivity contribution is 9.10. The molecule has 1 amide bonds. The molecule has 0 aliphatic heterocycles. The van der Waals surface area contributed by atoms with E-state index < -0.39 is 0 Å². The predicted octanol–water partition coefficient (Wildman–Crippen LogP) is 4.30. The molecule has 0 aliphatic carbocycles. The zero-order valence-corrected chi connectivity index (χ0v) is 15.8. The first kappa shape index (κ1) is 17.4. The Kier molecular flexibility index (Phi) is 5.34. The van der Waals surface area contributed by atoms with Gasteiger partial charge in [0.2, 0.25) is 0 Å². The Hall–Kier alpha value is -2.40. The molecule has 1 atom stereocenters. The number of aromatic nitrogens is 2. The van der Waals surface area contributed by atoms with Crippen molar-refractivity contribution in [3.8, 4) is 5.69 Å². The second-order valence-corrected chi connectivity index (χ2v) is 7.05. The average Bonchev–Trinajstić information content (AvgIpc) is 3.03. The minimum atomic E-state index is -0.0617. The summed E-state index contributed by atoms with van der Waals surface area (Å²) in [5, 5.41) is 7.33. The summed E-state index contributed by atoms with van der Waals surface area (Å²) in [6.45, 7) is 4.01. The maximum absolute atomic E-state index is 12.4. The van der Waals surface area contributed by atoms with Crippen LogP contribution >= 0.6 is 15.9 Å². The van der Waals surface area contributed by atoms with Crippen molar-refractivity contribution in [3.63, 3.8) is 0 Å². The van der Waals surface area contributed by atoms with Crippen molar-refractivity contribution in [1.29, 1.82) is 0 Å². The molecule has 25 heavy (non-hydrogen) atoms. The number of hydrogen-bond acceptors (Lipinski definition) is 2. The van der Waals surface area contributed by atoms with Crippen molar-refractivity contribution in [2.24, 2.45) is 0 Å². The van der Waals surface area contributed by atoms with Gasteiger partial charge in [0.05, 0.1) is 5.69 Å². The monoisotopic (exact) mass is 397 g/mol. The maximum Gasteiger partial charge on any atom is 0.251 e. The maximum atomic E-state index is 12.4. The van der Waals surface area contributed by atoms with Gasteiger partial charge < -0.3 is 5.32 Å². The van der Waals surface area contributed by atoms with E-state index in [1.807, 2.05) is 61.0 Å². The molecule has 1 aromatic heterocycles. The summed E-state index contributed by atoms with van der Waals surface area (Å²) in [6, 6.07) is 17.6. The largest absolute Gasteiger partial charge is 0.349 e. The fraction of sp³-hybridized carbons (Fsp3) is 0.200. The van der Waals surface area contributed by atoms with Crippen molar-refractivity contribution in [3.05, 3.63) is 82.1 Å². The van der Waals surface area contributed by atoms with Crippen LogP contribution in [0.1, 0.15) is 28.5 Å². The minimum absolute atomic E-state index is 0.0571. The van der Waals surface area contributed by atoms with Crippen LogP contribution in [0.5, 0.6) is 0 Å². The lowest BCUT2D eigenvalue weighted by Crippen LogP contribution is -2.34. The summed E-state index contributed by atoms with van der Waals surface area (Å²) in [5.41, 5.74) is 3.85. The molecule has 0 spiro atoms. The van der Waals surface area contributed by atoms with Crippen molar-refractivity contribution >= 4 is 21.8 Å². The molecule has 4 nitrogen and oxygen atoms in total. The third-order valence-corrected chi connectivity index (χ3v) is 4.57. The van der Waals surface area contributed by atoms with Crippen LogP contribution in [-0.4, -0.2) is 21.7 Å².